The van der Waals surface area contributed by atoms with Gasteiger partial charge in [-0.1, -0.05) is 42.5 Å². The highest BCUT2D eigenvalue weighted by atomic mass is 16.3. The van der Waals surface area contributed by atoms with Crippen LogP contribution >= 0.6 is 0 Å². The molecule has 0 heterocycles. The van der Waals surface area contributed by atoms with Gasteiger partial charge < -0.3 is 10.4 Å². The molecule has 2 aromatic carbocycles. The number of aromatic hydroxyl groups is 1. The van der Waals surface area contributed by atoms with Gasteiger partial charge in [0.15, 0.2) is 0 Å². The summed E-state index contributed by atoms with van der Waals surface area (Å²) in [4.78, 5) is 23.5. The first kappa shape index (κ1) is 19.2. The predicted octanol–water partition coefficient (Wildman–Crippen LogP) is 3.69. The number of hydrogen-bond donors (Lipinski definition) is 2. The zero-order chi connectivity index (χ0) is 19.2. The van der Waals surface area contributed by atoms with E-state index in [4.69, 9.17) is 0 Å². The molecule has 27 heavy (non-hydrogen) atoms. The summed E-state index contributed by atoms with van der Waals surface area (Å²) in [6, 6.07) is 13.9. The molecular formula is C23H27NO3. The first-order chi connectivity index (χ1) is 13.0. The molecule has 4 heteroatoms. The number of benzene rings is 2. The van der Waals surface area contributed by atoms with Gasteiger partial charge in [-0.05, 0) is 42.7 Å². The first-order valence-corrected chi connectivity index (χ1v) is 9.68. The quantitative estimate of drug-likeness (QED) is 0.750. The van der Waals surface area contributed by atoms with Crippen molar-refractivity contribution in [2.24, 2.45) is 0 Å². The van der Waals surface area contributed by atoms with E-state index in [-0.39, 0.29) is 29.8 Å². The van der Waals surface area contributed by atoms with Crippen LogP contribution < -0.4 is 5.32 Å². The van der Waals surface area contributed by atoms with Gasteiger partial charge in [-0.25, -0.2) is 0 Å². The van der Waals surface area contributed by atoms with Crippen LogP contribution in [0.25, 0.3) is 0 Å². The number of carbonyl (C=O) groups is 2. The maximum Gasteiger partial charge on any atom is 0.216 e. The highest BCUT2D eigenvalue weighted by Crippen LogP contribution is 2.42. The van der Waals surface area contributed by atoms with E-state index in [2.05, 4.69) is 5.32 Å². The molecule has 1 atom stereocenters. The zero-order valence-corrected chi connectivity index (χ0v) is 15.8. The largest absolute Gasteiger partial charge is 0.507 e. The molecule has 1 amide bonds. The number of hydrogen-bond acceptors (Lipinski definition) is 3. The Morgan fingerprint density at radius 3 is 2.67 bits per heavy atom. The van der Waals surface area contributed by atoms with Gasteiger partial charge in [-0.15, -0.1) is 0 Å². The van der Waals surface area contributed by atoms with Gasteiger partial charge in [0, 0.05) is 37.4 Å². The second-order valence-electron chi connectivity index (χ2n) is 7.35. The smallest absolute Gasteiger partial charge is 0.216 e. The second kappa shape index (κ2) is 8.85. The van der Waals surface area contributed by atoms with Gasteiger partial charge in [0.05, 0.1) is 0 Å². The van der Waals surface area contributed by atoms with Gasteiger partial charge in [-0.3, -0.25) is 9.59 Å². The highest BCUT2D eigenvalue weighted by Gasteiger charge is 2.27. The molecule has 0 bridgehead atoms. The number of Topliss-reactive ketones (excluding diaryl/α,β-unsaturated/α-hetero) is 1. The molecule has 0 radical (unpaired) electrons. The Bertz CT molecular complexity index is 814. The Morgan fingerprint density at radius 2 is 1.93 bits per heavy atom. The molecule has 3 rings (SSSR count). The van der Waals surface area contributed by atoms with Crippen LogP contribution in [0.3, 0.4) is 0 Å². The predicted molar refractivity (Wildman–Crippen MR) is 106 cm³/mol. The minimum absolute atomic E-state index is 0.0322. The Morgan fingerprint density at radius 1 is 1.15 bits per heavy atom. The highest BCUT2D eigenvalue weighted by molar-refractivity contribution is 5.82. The average Bonchev–Trinajstić information content (AvgIpc) is 3.07. The van der Waals surface area contributed by atoms with Crippen LogP contribution in [0.15, 0.2) is 42.5 Å². The summed E-state index contributed by atoms with van der Waals surface area (Å²) < 4.78 is 0. The number of ketones is 1. The van der Waals surface area contributed by atoms with Crippen LogP contribution in [0.1, 0.15) is 54.4 Å². The van der Waals surface area contributed by atoms with Crippen molar-refractivity contribution in [1.82, 2.24) is 5.32 Å². The van der Waals surface area contributed by atoms with E-state index < -0.39 is 0 Å². The van der Waals surface area contributed by atoms with Crippen LogP contribution in [0.4, 0.5) is 0 Å². The molecule has 0 saturated carbocycles. The van der Waals surface area contributed by atoms with Gasteiger partial charge in [0.25, 0.3) is 0 Å². The minimum atomic E-state index is -0.0322. The van der Waals surface area contributed by atoms with Gasteiger partial charge in [0.1, 0.15) is 11.5 Å². The number of aryl methyl sites for hydroxylation is 2. The molecule has 1 aliphatic rings. The molecule has 0 saturated heterocycles. The van der Waals surface area contributed by atoms with Crippen LogP contribution in [0, 0.1) is 0 Å². The zero-order valence-electron chi connectivity index (χ0n) is 15.8. The lowest BCUT2D eigenvalue weighted by Gasteiger charge is -2.16. The molecule has 0 aromatic heterocycles. The second-order valence-corrected chi connectivity index (χ2v) is 7.35. The first-order valence-electron chi connectivity index (χ1n) is 9.68. The van der Waals surface area contributed by atoms with Crippen molar-refractivity contribution in [2.75, 3.05) is 6.54 Å². The summed E-state index contributed by atoms with van der Waals surface area (Å²) in [5.41, 5.74) is 4.02. The molecule has 4 nitrogen and oxygen atoms in total. The molecule has 142 valence electrons. The third-order valence-electron chi connectivity index (χ3n) is 5.35. The fourth-order valence-electron chi connectivity index (χ4n) is 3.93. The lowest BCUT2D eigenvalue weighted by atomic mass is 9.92. The van der Waals surface area contributed by atoms with Crippen molar-refractivity contribution < 1.29 is 14.7 Å². The maximum atomic E-state index is 12.4. The number of phenols is 1. The van der Waals surface area contributed by atoms with Crippen molar-refractivity contribution in [3.05, 3.63) is 64.7 Å². The average molecular weight is 365 g/mol. The van der Waals surface area contributed by atoms with E-state index >= 15 is 0 Å². The Hall–Kier alpha value is -2.62. The summed E-state index contributed by atoms with van der Waals surface area (Å²) in [5.74, 6) is 0.634. The molecule has 2 N–H and O–H groups in total. The summed E-state index contributed by atoms with van der Waals surface area (Å²) in [5, 5.41) is 13.6. The van der Waals surface area contributed by atoms with Crippen molar-refractivity contribution in [1.29, 1.82) is 0 Å². The number of phenolic OH excluding ortho intramolecular Hbond substituents is 1. The van der Waals surface area contributed by atoms with E-state index in [0.717, 1.165) is 42.4 Å². The normalized spacial score (nSPS) is 15.4. The standard InChI is InChI=1S/C23H27NO3/c1-16(25)24-14-13-19-9-8-18-10-11-20(23(27)22(18)19)15-21(26)12-7-17-5-3-2-4-6-17/h2-6,10-11,19,27H,7-9,12-15H2,1H3,(H,24,25). The summed E-state index contributed by atoms with van der Waals surface area (Å²) in [7, 11) is 0. The van der Waals surface area contributed by atoms with Crippen LogP contribution in [0.2, 0.25) is 0 Å². The number of rotatable bonds is 8. The Kier molecular flexibility index (Phi) is 6.28. The van der Waals surface area contributed by atoms with Crippen LogP contribution in [-0.2, 0) is 28.9 Å². The Labute approximate surface area is 160 Å². The number of carbonyl (C=O) groups excluding carboxylic acids is 2. The molecular weight excluding hydrogens is 338 g/mol. The summed E-state index contributed by atoms with van der Waals surface area (Å²) >= 11 is 0. The monoisotopic (exact) mass is 365 g/mol. The van der Waals surface area contributed by atoms with E-state index in [9.17, 15) is 14.7 Å². The molecule has 1 aliphatic carbocycles. The van der Waals surface area contributed by atoms with Crippen molar-refractivity contribution in [2.45, 2.75) is 51.4 Å². The van der Waals surface area contributed by atoms with Crippen molar-refractivity contribution in [3.8, 4) is 5.75 Å². The molecule has 0 aliphatic heterocycles. The number of nitrogens with one attached hydrogen (secondary N) is 1. The number of amides is 1. The molecule has 2 aromatic rings. The van der Waals surface area contributed by atoms with E-state index in [1.807, 2.05) is 42.5 Å². The van der Waals surface area contributed by atoms with Crippen molar-refractivity contribution >= 4 is 11.7 Å². The van der Waals surface area contributed by atoms with E-state index in [1.165, 1.54) is 12.5 Å². The lowest BCUT2D eigenvalue weighted by Crippen LogP contribution is -2.22. The molecule has 0 spiro atoms. The Balaban J connectivity index is 1.63. The third-order valence-corrected chi connectivity index (χ3v) is 5.35. The SMILES string of the molecule is CC(=O)NCCC1CCc2ccc(CC(=O)CCc3ccccc3)c(O)c21. The van der Waals surface area contributed by atoms with Crippen LogP contribution in [-0.4, -0.2) is 23.3 Å². The fourth-order valence-corrected chi connectivity index (χ4v) is 3.93. The van der Waals surface area contributed by atoms with E-state index in [0.29, 0.717) is 13.0 Å². The number of fused-ring (bicyclic) bond motifs is 1. The van der Waals surface area contributed by atoms with Gasteiger partial charge >= 0.3 is 0 Å². The van der Waals surface area contributed by atoms with Crippen molar-refractivity contribution in [3.63, 3.8) is 0 Å². The molecule has 0 fully saturated rings. The van der Waals surface area contributed by atoms with Crippen LogP contribution in [0.5, 0.6) is 5.75 Å². The lowest BCUT2D eigenvalue weighted by molar-refractivity contribution is -0.119. The summed E-state index contributed by atoms with van der Waals surface area (Å²) in [6.07, 6.45) is 4.21. The molecule has 1 unspecified atom stereocenters. The van der Waals surface area contributed by atoms with Gasteiger partial charge in [0.2, 0.25) is 5.91 Å². The third kappa shape index (κ3) is 4.97. The van der Waals surface area contributed by atoms with Gasteiger partial charge in [-0.2, -0.15) is 0 Å². The minimum Gasteiger partial charge on any atom is -0.507 e. The topological polar surface area (TPSA) is 66.4 Å². The van der Waals surface area contributed by atoms with E-state index in [1.54, 1.807) is 0 Å². The maximum absolute atomic E-state index is 12.4. The summed E-state index contributed by atoms with van der Waals surface area (Å²) in [6.45, 7) is 2.12. The fraction of sp³-hybridized carbons (Fsp3) is 0.391.